The average Bonchev–Trinajstić information content (AvgIpc) is 2.39. The van der Waals surface area contributed by atoms with Gasteiger partial charge in [-0.05, 0) is 41.9 Å². The van der Waals surface area contributed by atoms with E-state index in [9.17, 15) is 17.6 Å². The fraction of sp³-hybridized carbons (Fsp3) is 0.417. The van der Waals surface area contributed by atoms with E-state index in [4.69, 9.17) is 5.73 Å². The Hall–Kier alpha value is -1.19. The Morgan fingerprint density at radius 2 is 2.00 bits per heavy atom. The number of benzene rings is 1. The zero-order chi connectivity index (χ0) is 16.4. The lowest BCUT2D eigenvalue weighted by atomic mass is 9.93. The van der Waals surface area contributed by atoms with E-state index in [0.29, 0.717) is 0 Å². The van der Waals surface area contributed by atoms with Crippen LogP contribution < -0.4 is 15.8 Å². The van der Waals surface area contributed by atoms with E-state index in [-0.39, 0.29) is 22.6 Å². The molecule has 4 N–H and O–H groups in total. The summed E-state index contributed by atoms with van der Waals surface area (Å²) >= 11 is 3.01. The Kier molecular flexibility index (Phi) is 5.35. The van der Waals surface area contributed by atoms with Gasteiger partial charge < -0.3 is 11.1 Å². The number of amides is 1. The van der Waals surface area contributed by atoms with Gasteiger partial charge in [0.15, 0.2) is 0 Å². The first kappa shape index (κ1) is 17.9. The molecule has 0 bridgehead atoms. The molecule has 0 aliphatic carbocycles. The molecule has 6 nitrogen and oxygen atoms in total. The largest absolute Gasteiger partial charge is 0.398 e. The van der Waals surface area contributed by atoms with E-state index >= 15 is 0 Å². The smallest absolute Gasteiger partial charge is 0.243 e. The number of nitrogen functional groups attached to an aromatic ring is 1. The number of anilines is 1. The minimum absolute atomic E-state index is 0.0994. The molecule has 0 unspecified atom stereocenters. The van der Waals surface area contributed by atoms with Crippen LogP contribution in [0.1, 0.15) is 13.8 Å². The highest BCUT2D eigenvalue weighted by Gasteiger charge is 2.30. The Morgan fingerprint density at radius 3 is 2.52 bits per heavy atom. The lowest BCUT2D eigenvalue weighted by Crippen LogP contribution is -2.43. The molecule has 0 aliphatic heterocycles. The first-order valence-electron chi connectivity index (χ1n) is 5.97. The van der Waals surface area contributed by atoms with Crippen LogP contribution in [0.4, 0.5) is 10.1 Å². The summed E-state index contributed by atoms with van der Waals surface area (Å²) < 4.78 is 40.5. The summed E-state index contributed by atoms with van der Waals surface area (Å²) in [5, 5.41) is 2.44. The average molecular weight is 382 g/mol. The van der Waals surface area contributed by atoms with Gasteiger partial charge in [-0.2, -0.15) is 0 Å². The third kappa shape index (κ3) is 4.14. The van der Waals surface area contributed by atoms with Gasteiger partial charge in [0.2, 0.25) is 15.9 Å². The summed E-state index contributed by atoms with van der Waals surface area (Å²) in [6, 6.07) is 2.00. The number of halogens is 2. The van der Waals surface area contributed by atoms with E-state index in [2.05, 4.69) is 26.0 Å². The number of hydrogen-bond donors (Lipinski definition) is 3. The van der Waals surface area contributed by atoms with E-state index in [1.54, 1.807) is 13.8 Å². The molecule has 1 aromatic rings. The molecule has 0 atom stereocenters. The minimum Gasteiger partial charge on any atom is -0.398 e. The van der Waals surface area contributed by atoms with E-state index in [1.807, 2.05) is 0 Å². The molecule has 0 aliphatic rings. The van der Waals surface area contributed by atoms with Gasteiger partial charge in [-0.15, -0.1) is 0 Å². The maximum Gasteiger partial charge on any atom is 0.243 e. The minimum atomic E-state index is -4.11. The summed E-state index contributed by atoms with van der Waals surface area (Å²) in [6.45, 7) is 2.96. The number of nitrogens with one attached hydrogen (secondary N) is 2. The van der Waals surface area contributed by atoms with Crippen LogP contribution in [-0.4, -0.2) is 27.9 Å². The van der Waals surface area contributed by atoms with Crippen molar-refractivity contribution in [1.29, 1.82) is 0 Å². The summed E-state index contributed by atoms with van der Waals surface area (Å²) in [6.07, 6.45) is 0. The maximum absolute atomic E-state index is 13.8. The number of carbonyl (C=O) groups excluding carboxylic acids is 1. The van der Waals surface area contributed by atoms with Crippen molar-refractivity contribution in [3.63, 3.8) is 0 Å². The van der Waals surface area contributed by atoms with Crippen molar-refractivity contribution in [2.24, 2.45) is 5.41 Å². The number of nitrogens with two attached hydrogens (primary N) is 1. The highest BCUT2D eigenvalue weighted by atomic mass is 79.9. The molecule has 0 radical (unpaired) electrons. The monoisotopic (exact) mass is 381 g/mol. The van der Waals surface area contributed by atoms with Crippen molar-refractivity contribution in [3.05, 3.63) is 22.4 Å². The molecule has 21 heavy (non-hydrogen) atoms. The number of carbonyl (C=O) groups is 1. The second kappa shape index (κ2) is 6.29. The summed E-state index contributed by atoms with van der Waals surface area (Å²) in [5.41, 5.74) is 4.69. The van der Waals surface area contributed by atoms with Crippen molar-refractivity contribution >= 4 is 37.5 Å². The molecule has 0 spiro atoms. The van der Waals surface area contributed by atoms with Gasteiger partial charge in [-0.25, -0.2) is 17.5 Å². The third-order valence-electron chi connectivity index (χ3n) is 2.89. The Labute approximate surface area is 131 Å². The highest BCUT2D eigenvalue weighted by Crippen LogP contribution is 2.26. The topological polar surface area (TPSA) is 101 Å². The molecule has 1 aromatic carbocycles. The summed E-state index contributed by atoms with van der Waals surface area (Å²) in [7, 11) is -2.66. The second-order valence-electron chi connectivity index (χ2n) is 5.09. The predicted molar refractivity (Wildman–Crippen MR) is 81.5 cm³/mol. The maximum atomic E-state index is 13.8. The van der Waals surface area contributed by atoms with Crippen LogP contribution in [0.15, 0.2) is 21.5 Å². The van der Waals surface area contributed by atoms with E-state index < -0.39 is 26.2 Å². The van der Waals surface area contributed by atoms with Crippen LogP contribution in [0, 0.1) is 11.2 Å². The van der Waals surface area contributed by atoms with Crippen LogP contribution >= 0.6 is 15.9 Å². The zero-order valence-corrected chi connectivity index (χ0v) is 14.2. The summed E-state index contributed by atoms with van der Waals surface area (Å²) in [5.74, 6) is -1.26. The molecular formula is C12H17BrFN3O3S. The van der Waals surface area contributed by atoms with Crippen LogP contribution in [-0.2, 0) is 14.8 Å². The fourth-order valence-electron chi connectivity index (χ4n) is 1.52. The number of sulfonamides is 1. The van der Waals surface area contributed by atoms with E-state index in [1.165, 1.54) is 7.05 Å². The van der Waals surface area contributed by atoms with Crippen LogP contribution in [0.3, 0.4) is 0 Å². The molecule has 0 saturated heterocycles. The normalized spacial score (nSPS) is 12.2. The number of rotatable bonds is 5. The van der Waals surface area contributed by atoms with Gasteiger partial charge >= 0.3 is 0 Å². The number of hydrogen-bond acceptors (Lipinski definition) is 4. The predicted octanol–water partition coefficient (Wildman–Crippen LogP) is 1.22. The fourth-order valence-corrected chi connectivity index (χ4v) is 3.14. The van der Waals surface area contributed by atoms with Crippen molar-refractivity contribution in [2.45, 2.75) is 18.7 Å². The van der Waals surface area contributed by atoms with Crippen LogP contribution in [0.25, 0.3) is 0 Å². The van der Waals surface area contributed by atoms with Gasteiger partial charge in [-0.3, -0.25) is 4.79 Å². The molecule has 1 amide bonds. The van der Waals surface area contributed by atoms with Crippen molar-refractivity contribution in [3.8, 4) is 0 Å². The first-order valence-corrected chi connectivity index (χ1v) is 8.25. The Bertz CT molecular complexity index is 662. The van der Waals surface area contributed by atoms with E-state index in [0.717, 1.165) is 12.1 Å². The molecule has 0 heterocycles. The lowest BCUT2D eigenvalue weighted by Gasteiger charge is -2.22. The molecule has 0 aromatic heterocycles. The van der Waals surface area contributed by atoms with Gasteiger partial charge in [0.05, 0.1) is 5.41 Å². The molecule has 118 valence electrons. The molecular weight excluding hydrogens is 365 g/mol. The van der Waals surface area contributed by atoms with Crippen LogP contribution in [0.2, 0.25) is 0 Å². The zero-order valence-electron chi connectivity index (χ0n) is 11.8. The van der Waals surface area contributed by atoms with Crippen LogP contribution in [0.5, 0.6) is 0 Å². The third-order valence-corrected chi connectivity index (χ3v) is 4.99. The van der Waals surface area contributed by atoms with Crippen molar-refractivity contribution in [2.75, 3.05) is 19.3 Å². The van der Waals surface area contributed by atoms with Crippen molar-refractivity contribution in [1.82, 2.24) is 10.0 Å². The Balaban J connectivity index is 3.03. The van der Waals surface area contributed by atoms with Gasteiger partial charge in [0, 0.05) is 23.8 Å². The summed E-state index contributed by atoms with van der Waals surface area (Å²) in [4.78, 5) is 11.0. The Morgan fingerprint density at radius 1 is 1.43 bits per heavy atom. The SMILES string of the molecule is CNC(=O)C(C)(C)CNS(=O)(=O)c1cc(N)c(Br)cc1F. The van der Waals surface area contributed by atoms with Crippen molar-refractivity contribution < 1.29 is 17.6 Å². The van der Waals surface area contributed by atoms with Gasteiger partial charge in [0.25, 0.3) is 0 Å². The first-order chi connectivity index (χ1) is 9.51. The van der Waals surface area contributed by atoms with Gasteiger partial charge in [0.1, 0.15) is 10.7 Å². The lowest BCUT2D eigenvalue weighted by molar-refractivity contribution is -0.128. The molecule has 9 heteroatoms. The standard InChI is InChI=1S/C12H17BrFN3O3S/c1-12(2,11(18)16-3)6-17-21(19,20)10-5-9(15)7(13)4-8(10)14/h4-5,17H,6,15H2,1-3H3,(H,16,18). The second-order valence-corrected chi connectivity index (χ2v) is 7.68. The molecule has 0 saturated carbocycles. The van der Waals surface area contributed by atoms with Gasteiger partial charge in [-0.1, -0.05) is 0 Å². The quantitative estimate of drug-likeness (QED) is 0.667. The highest BCUT2D eigenvalue weighted by molar-refractivity contribution is 9.10. The molecule has 1 rings (SSSR count). The molecule has 0 fully saturated rings.